The summed E-state index contributed by atoms with van der Waals surface area (Å²) in [5.41, 5.74) is 2.79. The Labute approximate surface area is 211 Å². The van der Waals surface area contributed by atoms with Crippen LogP contribution in [0.5, 0.6) is 17.2 Å². The zero-order valence-electron chi connectivity index (χ0n) is 22.7. The summed E-state index contributed by atoms with van der Waals surface area (Å²) >= 11 is 0. The number of ether oxygens (including phenoxy) is 2. The molecule has 2 aromatic rings. The minimum absolute atomic E-state index is 0.115. The van der Waals surface area contributed by atoms with Crippen LogP contribution in [0.15, 0.2) is 46.3 Å². The van der Waals surface area contributed by atoms with Crippen LogP contribution in [0.3, 0.4) is 0 Å². The van der Waals surface area contributed by atoms with E-state index in [-0.39, 0.29) is 17.5 Å². The Hall–Kier alpha value is -2.69. The Bertz CT molecular complexity index is 1060. The van der Waals surface area contributed by atoms with Gasteiger partial charge in [0.1, 0.15) is 12.4 Å². The molecule has 1 heterocycles. The zero-order valence-corrected chi connectivity index (χ0v) is 22.7. The maximum absolute atomic E-state index is 13.0. The van der Waals surface area contributed by atoms with E-state index in [1.165, 1.54) is 36.8 Å². The average Bonchev–Trinajstić information content (AvgIpc) is 2.80. The standard InChI is InChI=1S/C30H45NO4/c1-7-8-9-10-11-12-19-34-25-16-17-26-27(21-25)31(23(4)5)30(33)28(32)29(26)35-20-18-24(6)15-13-14-22(2)3/h14,16-18,21,23,32H,7-13,15,19-20H2,1-6H3/b24-18+. The van der Waals surface area contributed by atoms with E-state index in [9.17, 15) is 9.90 Å². The van der Waals surface area contributed by atoms with E-state index < -0.39 is 5.56 Å². The second-order valence-electron chi connectivity index (χ2n) is 9.92. The zero-order chi connectivity index (χ0) is 25.8. The summed E-state index contributed by atoms with van der Waals surface area (Å²) in [6, 6.07) is 5.54. The van der Waals surface area contributed by atoms with Gasteiger partial charge in [-0.15, -0.1) is 0 Å². The number of fused-ring (bicyclic) bond motifs is 1. The highest BCUT2D eigenvalue weighted by atomic mass is 16.5. The number of unbranched alkanes of at least 4 members (excludes halogenated alkanes) is 5. The monoisotopic (exact) mass is 483 g/mol. The first kappa shape index (κ1) is 28.5. The van der Waals surface area contributed by atoms with Gasteiger partial charge in [0.05, 0.1) is 12.1 Å². The van der Waals surface area contributed by atoms with E-state index in [1.54, 1.807) is 4.57 Å². The predicted octanol–water partition coefficient (Wildman–Crippen LogP) is 8.10. The van der Waals surface area contributed by atoms with Gasteiger partial charge in [0.25, 0.3) is 5.56 Å². The second kappa shape index (κ2) is 14.7. The maximum atomic E-state index is 13.0. The van der Waals surface area contributed by atoms with Crippen molar-refractivity contribution in [2.24, 2.45) is 0 Å². The second-order valence-corrected chi connectivity index (χ2v) is 9.92. The van der Waals surface area contributed by atoms with Crippen LogP contribution in [0.4, 0.5) is 0 Å². The summed E-state index contributed by atoms with van der Waals surface area (Å²) in [5, 5.41) is 11.4. The number of aromatic nitrogens is 1. The molecule has 35 heavy (non-hydrogen) atoms. The van der Waals surface area contributed by atoms with Crippen LogP contribution in [0.2, 0.25) is 0 Å². The quantitative estimate of drug-likeness (QED) is 0.205. The largest absolute Gasteiger partial charge is 0.500 e. The fourth-order valence-corrected chi connectivity index (χ4v) is 4.13. The molecule has 0 saturated heterocycles. The average molecular weight is 484 g/mol. The van der Waals surface area contributed by atoms with Crippen LogP contribution >= 0.6 is 0 Å². The molecule has 0 spiro atoms. The van der Waals surface area contributed by atoms with Crippen LogP contribution in [0.1, 0.15) is 99.0 Å². The predicted molar refractivity (Wildman–Crippen MR) is 147 cm³/mol. The fraction of sp³-hybridized carbons (Fsp3) is 0.567. The molecule has 0 amide bonds. The van der Waals surface area contributed by atoms with Crippen molar-refractivity contribution in [3.63, 3.8) is 0 Å². The Balaban J connectivity index is 2.20. The lowest BCUT2D eigenvalue weighted by molar-refractivity contribution is 0.304. The van der Waals surface area contributed by atoms with Crippen LogP contribution in [0.25, 0.3) is 10.9 Å². The lowest BCUT2D eigenvalue weighted by atomic mass is 10.1. The number of pyridine rings is 1. The molecule has 0 atom stereocenters. The van der Waals surface area contributed by atoms with Gasteiger partial charge in [-0.2, -0.15) is 0 Å². The third kappa shape index (κ3) is 8.79. The van der Waals surface area contributed by atoms with Crippen LogP contribution in [-0.4, -0.2) is 22.9 Å². The maximum Gasteiger partial charge on any atom is 0.297 e. The van der Waals surface area contributed by atoms with E-state index in [1.807, 2.05) is 38.1 Å². The van der Waals surface area contributed by atoms with Gasteiger partial charge in [0, 0.05) is 17.5 Å². The molecule has 1 aromatic heterocycles. The molecule has 0 bridgehead atoms. The highest BCUT2D eigenvalue weighted by molar-refractivity contribution is 5.89. The van der Waals surface area contributed by atoms with Gasteiger partial charge in [-0.3, -0.25) is 4.79 Å². The summed E-state index contributed by atoms with van der Waals surface area (Å²) in [6.07, 6.45) is 13.4. The summed E-state index contributed by atoms with van der Waals surface area (Å²) < 4.78 is 13.6. The molecule has 1 N–H and O–H groups in total. The molecular formula is C30H45NO4. The van der Waals surface area contributed by atoms with Crippen molar-refractivity contribution in [2.75, 3.05) is 13.2 Å². The lowest BCUT2D eigenvalue weighted by Crippen LogP contribution is -2.23. The normalized spacial score (nSPS) is 11.8. The summed E-state index contributed by atoms with van der Waals surface area (Å²) in [7, 11) is 0. The summed E-state index contributed by atoms with van der Waals surface area (Å²) in [5.74, 6) is 0.617. The van der Waals surface area contributed by atoms with E-state index in [0.29, 0.717) is 24.1 Å². The van der Waals surface area contributed by atoms with E-state index >= 15 is 0 Å². The number of benzene rings is 1. The fourth-order valence-electron chi connectivity index (χ4n) is 4.13. The van der Waals surface area contributed by atoms with Gasteiger partial charge in [0.15, 0.2) is 5.75 Å². The SMILES string of the molecule is CCCCCCCCOc1ccc2c(OC/C=C(\C)CCC=C(C)C)c(O)c(=O)n(C(C)C)c2c1. The molecular weight excluding hydrogens is 438 g/mol. The van der Waals surface area contributed by atoms with Crippen LogP contribution in [0, 0.1) is 0 Å². The Morgan fingerprint density at radius 2 is 1.74 bits per heavy atom. The minimum Gasteiger partial charge on any atom is -0.500 e. The molecule has 0 aliphatic heterocycles. The Morgan fingerprint density at radius 3 is 2.43 bits per heavy atom. The third-order valence-electron chi connectivity index (χ3n) is 6.14. The summed E-state index contributed by atoms with van der Waals surface area (Å²) in [6.45, 7) is 13.3. The van der Waals surface area contributed by atoms with E-state index in [4.69, 9.17) is 9.47 Å². The topological polar surface area (TPSA) is 60.7 Å². The van der Waals surface area contributed by atoms with Crippen LogP contribution in [-0.2, 0) is 0 Å². The van der Waals surface area contributed by atoms with Gasteiger partial charge < -0.3 is 19.1 Å². The molecule has 5 nitrogen and oxygen atoms in total. The number of allylic oxidation sites excluding steroid dienone is 3. The van der Waals surface area contributed by atoms with Gasteiger partial charge in [-0.1, -0.05) is 56.3 Å². The third-order valence-corrected chi connectivity index (χ3v) is 6.14. The van der Waals surface area contributed by atoms with Gasteiger partial charge in [-0.25, -0.2) is 0 Å². The molecule has 0 radical (unpaired) electrons. The lowest BCUT2D eigenvalue weighted by Gasteiger charge is -2.19. The number of rotatable bonds is 15. The van der Waals surface area contributed by atoms with Crippen molar-refractivity contribution in [3.8, 4) is 17.2 Å². The van der Waals surface area contributed by atoms with Crippen molar-refractivity contribution in [1.29, 1.82) is 0 Å². The first-order chi connectivity index (χ1) is 16.8. The highest BCUT2D eigenvalue weighted by Gasteiger charge is 2.19. The van der Waals surface area contributed by atoms with Gasteiger partial charge >= 0.3 is 0 Å². The molecule has 0 aliphatic rings. The number of hydrogen-bond acceptors (Lipinski definition) is 4. The molecule has 2 rings (SSSR count). The molecule has 5 heteroatoms. The number of aromatic hydroxyl groups is 1. The molecule has 0 fully saturated rings. The highest BCUT2D eigenvalue weighted by Crippen LogP contribution is 2.35. The van der Waals surface area contributed by atoms with Gasteiger partial charge in [0.2, 0.25) is 5.75 Å². The Morgan fingerprint density at radius 1 is 1.03 bits per heavy atom. The Kier molecular flexibility index (Phi) is 11.9. The van der Waals surface area contributed by atoms with E-state index in [2.05, 4.69) is 33.8 Å². The van der Waals surface area contributed by atoms with Crippen LogP contribution < -0.4 is 15.0 Å². The molecule has 0 unspecified atom stereocenters. The smallest absolute Gasteiger partial charge is 0.297 e. The van der Waals surface area contributed by atoms with Gasteiger partial charge in [-0.05, 0) is 72.1 Å². The van der Waals surface area contributed by atoms with Crippen molar-refractivity contribution in [1.82, 2.24) is 4.57 Å². The van der Waals surface area contributed by atoms with Crippen molar-refractivity contribution < 1.29 is 14.6 Å². The molecule has 194 valence electrons. The number of nitrogens with zero attached hydrogens (tertiary/aromatic N) is 1. The van der Waals surface area contributed by atoms with E-state index in [0.717, 1.165) is 31.4 Å². The molecule has 0 saturated carbocycles. The number of hydrogen-bond donors (Lipinski definition) is 1. The molecule has 1 aromatic carbocycles. The molecule has 0 aliphatic carbocycles. The van der Waals surface area contributed by atoms with Crippen molar-refractivity contribution in [2.45, 2.75) is 99.0 Å². The van der Waals surface area contributed by atoms with Crippen molar-refractivity contribution >= 4 is 10.9 Å². The summed E-state index contributed by atoms with van der Waals surface area (Å²) in [4.78, 5) is 13.0. The van der Waals surface area contributed by atoms with Crippen molar-refractivity contribution in [3.05, 3.63) is 51.9 Å². The first-order valence-corrected chi connectivity index (χ1v) is 13.2. The minimum atomic E-state index is -0.445. The first-order valence-electron chi connectivity index (χ1n) is 13.2.